The highest BCUT2D eigenvalue weighted by Gasteiger charge is 2.24. The third-order valence-electron chi connectivity index (χ3n) is 7.59. The summed E-state index contributed by atoms with van der Waals surface area (Å²) in [5, 5.41) is 1.10. The van der Waals surface area contributed by atoms with E-state index < -0.39 is 11.6 Å². The van der Waals surface area contributed by atoms with E-state index in [-0.39, 0.29) is 22.7 Å². The number of furan rings is 1. The van der Waals surface area contributed by atoms with Gasteiger partial charge in [0.05, 0.1) is 13.2 Å². The molecule has 172 valence electrons. The van der Waals surface area contributed by atoms with Crippen molar-refractivity contribution in [1.29, 1.82) is 0 Å². The number of hydrogen-bond acceptors (Lipinski definition) is 3. The minimum Gasteiger partial charge on any atom is -0.490 e. The van der Waals surface area contributed by atoms with E-state index in [4.69, 9.17) is 13.9 Å². The van der Waals surface area contributed by atoms with Crippen LogP contribution in [0.3, 0.4) is 0 Å². The van der Waals surface area contributed by atoms with Gasteiger partial charge in [-0.15, -0.1) is 0 Å². The highest BCUT2D eigenvalue weighted by Crippen LogP contribution is 2.39. The number of benzene rings is 2. The third-order valence-corrected chi connectivity index (χ3v) is 7.59. The lowest BCUT2D eigenvalue weighted by molar-refractivity contribution is 0.177. The van der Waals surface area contributed by atoms with Crippen molar-refractivity contribution in [2.24, 2.45) is 17.8 Å². The summed E-state index contributed by atoms with van der Waals surface area (Å²) in [6.45, 7) is 3.26. The fourth-order valence-corrected chi connectivity index (χ4v) is 5.42. The van der Waals surface area contributed by atoms with E-state index in [0.717, 1.165) is 31.6 Å². The van der Waals surface area contributed by atoms with E-state index in [9.17, 15) is 0 Å². The summed E-state index contributed by atoms with van der Waals surface area (Å²) in [7, 11) is 0. The van der Waals surface area contributed by atoms with Crippen molar-refractivity contribution in [3.63, 3.8) is 0 Å². The predicted octanol–water partition coefficient (Wildman–Crippen LogP) is 8.03. The molecule has 2 aromatic carbocycles. The minimum atomic E-state index is -0.564. The van der Waals surface area contributed by atoms with E-state index in [2.05, 4.69) is 6.92 Å². The highest BCUT2D eigenvalue weighted by molar-refractivity contribution is 6.06. The van der Waals surface area contributed by atoms with Crippen LogP contribution >= 0.6 is 0 Å². The Morgan fingerprint density at radius 3 is 1.69 bits per heavy atom. The van der Waals surface area contributed by atoms with Crippen molar-refractivity contribution < 1.29 is 22.7 Å². The Morgan fingerprint density at radius 1 is 0.719 bits per heavy atom. The second-order valence-corrected chi connectivity index (χ2v) is 9.68. The summed E-state index contributed by atoms with van der Waals surface area (Å²) in [6.07, 6.45) is 10.6. The maximum atomic E-state index is 15.2. The summed E-state index contributed by atoms with van der Waals surface area (Å²) >= 11 is 0. The first-order valence-electron chi connectivity index (χ1n) is 12.2. The maximum Gasteiger partial charge on any atom is 0.208 e. The van der Waals surface area contributed by atoms with Crippen LogP contribution in [0.4, 0.5) is 8.78 Å². The molecule has 0 aliphatic heterocycles. The smallest absolute Gasteiger partial charge is 0.208 e. The standard InChI is InChI=1S/C27H32F2O3/c1-2-17-7-9-19(10-8-17)16-31-23-14-12-21-20-11-13-22(30-15-18-5-3-4-6-18)24(28)26(20)32-27(21)25(23)29/h11-14,17-19H,2-10,15-16H2,1H3. The number of hydrogen-bond donors (Lipinski definition) is 0. The lowest BCUT2D eigenvalue weighted by atomic mass is 9.81. The molecule has 0 spiro atoms. The van der Waals surface area contributed by atoms with Crippen LogP contribution in [0, 0.1) is 29.4 Å². The van der Waals surface area contributed by atoms with Gasteiger partial charge in [-0.05, 0) is 67.7 Å². The molecule has 1 heterocycles. The molecular formula is C27H32F2O3. The van der Waals surface area contributed by atoms with Crippen molar-refractivity contribution >= 4 is 21.9 Å². The Morgan fingerprint density at radius 2 is 1.19 bits per heavy atom. The molecule has 2 fully saturated rings. The maximum absolute atomic E-state index is 15.2. The fourth-order valence-electron chi connectivity index (χ4n) is 5.42. The molecule has 5 rings (SSSR count). The van der Waals surface area contributed by atoms with Gasteiger partial charge in [-0.3, -0.25) is 0 Å². The largest absolute Gasteiger partial charge is 0.490 e. The van der Waals surface area contributed by atoms with Crippen LogP contribution < -0.4 is 9.47 Å². The quantitative estimate of drug-likeness (QED) is 0.371. The third kappa shape index (κ3) is 4.18. The number of halogens is 2. The molecule has 5 heteroatoms. The molecular weight excluding hydrogens is 410 g/mol. The average molecular weight is 443 g/mol. The molecule has 0 saturated heterocycles. The lowest BCUT2D eigenvalue weighted by Crippen LogP contribution is -2.20. The topological polar surface area (TPSA) is 31.6 Å². The van der Waals surface area contributed by atoms with Gasteiger partial charge in [-0.2, -0.15) is 8.78 Å². The molecule has 3 aromatic rings. The van der Waals surface area contributed by atoms with Gasteiger partial charge in [0.25, 0.3) is 0 Å². The minimum absolute atomic E-state index is 0.0397. The molecule has 0 amide bonds. The van der Waals surface area contributed by atoms with Crippen LogP contribution in [-0.2, 0) is 0 Å². The zero-order chi connectivity index (χ0) is 22.1. The lowest BCUT2D eigenvalue weighted by Gasteiger charge is -2.27. The summed E-state index contributed by atoms with van der Waals surface area (Å²) < 4.78 is 47.6. The number of fused-ring (bicyclic) bond motifs is 3. The van der Waals surface area contributed by atoms with Crippen LogP contribution in [0.5, 0.6) is 11.5 Å². The Hall–Kier alpha value is -2.30. The van der Waals surface area contributed by atoms with Crippen molar-refractivity contribution in [2.75, 3.05) is 13.2 Å². The van der Waals surface area contributed by atoms with Gasteiger partial charge in [0.2, 0.25) is 11.6 Å². The van der Waals surface area contributed by atoms with E-state index in [1.807, 2.05) is 0 Å². The molecule has 2 saturated carbocycles. The first-order valence-corrected chi connectivity index (χ1v) is 12.2. The van der Waals surface area contributed by atoms with Crippen LogP contribution in [0.25, 0.3) is 21.9 Å². The normalized spacial score (nSPS) is 22.1. The first-order chi connectivity index (χ1) is 15.6. The van der Waals surface area contributed by atoms with E-state index in [0.29, 0.717) is 35.8 Å². The Bertz CT molecular complexity index is 1080. The van der Waals surface area contributed by atoms with Gasteiger partial charge in [-0.1, -0.05) is 39.0 Å². The Labute approximate surface area is 188 Å². The Balaban J connectivity index is 1.34. The fraction of sp³-hybridized carbons (Fsp3) is 0.556. The van der Waals surface area contributed by atoms with Crippen LogP contribution in [0.2, 0.25) is 0 Å². The van der Waals surface area contributed by atoms with Gasteiger partial charge in [-0.25, -0.2) is 0 Å². The van der Waals surface area contributed by atoms with Gasteiger partial charge < -0.3 is 13.9 Å². The van der Waals surface area contributed by atoms with Crippen molar-refractivity contribution in [2.45, 2.75) is 64.7 Å². The summed E-state index contributed by atoms with van der Waals surface area (Å²) in [5.41, 5.74) is 0.0805. The Kier molecular flexibility index (Phi) is 6.25. The monoisotopic (exact) mass is 442 g/mol. The molecule has 2 aliphatic carbocycles. The molecule has 0 atom stereocenters. The molecule has 0 N–H and O–H groups in total. The molecule has 0 bridgehead atoms. The second-order valence-electron chi connectivity index (χ2n) is 9.68. The van der Waals surface area contributed by atoms with Gasteiger partial charge in [0, 0.05) is 10.8 Å². The van der Waals surface area contributed by atoms with Crippen molar-refractivity contribution in [3.05, 3.63) is 35.9 Å². The highest BCUT2D eigenvalue weighted by atomic mass is 19.1. The molecule has 0 radical (unpaired) electrons. The molecule has 0 unspecified atom stereocenters. The summed E-state index contributed by atoms with van der Waals surface area (Å²) in [4.78, 5) is 0. The van der Waals surface area contributed by atoms with E-state index >= 15 is 8.78 Å². The van der Waals surface area contributed by atoms with Gasteiger partial charge in [0.15, 0.2) is 22.7 Å². The zero-order valence-electron chi connectivity index (χ0n) is 18.8. The first kappa shape index (κ1) is 21.5. The summed E-state index contributed by atoms with van der Waals surface area (Å²) in [6, 6.07) is 6.76. The number of ether oxygens (including phenoxy) is 2. The SMILES string of the molecule is CCC1CCC(COc2ccc3c(oc4c(F)c(OCC5CCCC5)ccc43)c2F)CC1. The van der Waals surface area contributed by atoms with Gasteiger partial charge in [0.1, 0.15) is 0 Å². The van der Waals surface area contributed by atoms with E-state index in [1.165, 1.54) is 32.1 Å². The van der Waals surface area contributed by atoms with Crippen LogP contribution in [-0.4, -0.2) is 13.2 Å². The van der Waals surface area contributed by atoms with Crippen LogP contribution in [0.15, 0.2) is 28.7 Å². The molecule has 3 nitrogen and oxygen atoms in total. The molecule has 32 heavy (non-hydrogen) atoms. The average Bonchev–Trinajstić information content (AvgIpc) is 3.47. The van der Waals surface area contributed by atoms with E-state index in [1.54, 1.807) is 24.3 Å². The summed E-state index contributed by atoms with van der Waals surface area (Å²) in [5.74, 6) is 0.975. The second kappa shape index (κ2) is 9.29. The van der Waals surface area contributed by atoms with Crippen LogP contribution in [0.1, 0.15) is 64.7 Å². The predicted molar refractivity (Wildman–Crippen MR) is 122 cm³/mol. The molecule has 2 aliphatic rings. The van der Waals surface area contributed by atoms with Gasteiger partial charge >= 0.3 is 0 Å². The molecule has 1 aromatic heterocycles. The van der Waals surface area contributed by atoms with Crippen molar-refractivity contribution in [1.82, 2.24) is 0 Å². The number of rotatable bonds is 7. The zero-order valence-corrected chi connectivity index (χ0v) is 18.8. The van der Waals surface area contributed by atoms with Crippen molar-refractivity contribution in [3.8, 4) is 11.5 Å².